The number of primary amides is 1. The van der Waals surface area contributed by atoms with Crippen LogP contribution in [0, 0.1) is 0 Å². The van der Waals surface area contributed by atoms with Crippen molar-refractivity contribution in [2.75, 3.05) is 24.2 Å². The van der Waals surface area contributed by atoms with Gasteiger partial charge in [-0.25, -0.2) is 0 Å². The summed E-state index contributed by atoms with van der Waals surface area (Å²) in [6.07, 6.45) is 0. The fourth-order valence-electron chi connectivity index (χ4n) is 2.46. The van der Waals surface area contributed by atoms with E-state index in [1.165, 1.54) is 11.8 Å². The molecule has 0 atom stereocenters. The molecule has 0 radical (unpaired) electrons. The SMILES string of the molecule is CCN1CC(Oc2ccc(Cl)cc2)=NC(SCC(=O)Nc2ccc(C(N)=O)cc2)=N1. The summed E-state index contributed by atoms with van der Waals surface area (Å²) in [5, 5.41) is 10.0. The summed E-state index contributed by atoms with van der Waals surface area (Å²) in [7, 11) is 0. The number of nitrogens with two attached hydrogens (primary N) is 1. The highest BCUT2D eigenvalue weighted by Gasteiger charge is 2.18. The Morgan fingerprint density at radius 3 is 2.53 bits per heavy atom. The van der Waals surface area contributed by atoms with Gasteiger partial charge in [0.2, 0.25) is 22.9 Å². The Morgan fingerprint density at radius 2 is 1.90 bits per heavy atom. The van der Waals surface area contributed by atoms with Gasteiger partial charge in [0.05, 0.1) is 5.75 Å². The summed E-state index contributed by atoms with van der Waals surface area (Å²) in [6.45, 7) is 3.08. The third-order valence-electron chi connectivity index (χ3n) is 3.96. The standard InChI is InChI=1S/C20H20ClN5O3S/c1-2-26-11-18(29-16-9-5-14(21)6-10-16)24-20(25-26)30-12-17(27)23-15-7-3-13(4-8-15)19(22)28/h3-10H,2,11-12H2,1H3,(H2,22,28)(H,23,27). The number of thioether (sulfide) groups is 1. The number of nitrogens with zero attached hydrogens (tertiary/aromatic N) is 3. The van der Waals surface area contributed by atoms with E-state index in [9.17, 15) is 9.59 Å². The van der Waals surface area contributed by atoms with Gasteiger partial charge in [0.25, 0.3) is 0 Å². The van der Waals surface area contributed by atoms with Crippen molar-refractivity contribution in [1.29, 1.82) is 0 Å². The first-order valence-electron chi connectivity index (χ1n) is 9.10. The molecule has 0 saturated carbocycles. The van der Waals surface area contributed by atoms with E-state index in [1.54, 1.807) is 53.5 Å². The lowest BCUT2D eigenvalue weighted by atomic mass is 10.2. The van der Waals surface area contributed by atoms with Gasteiger partial charge in [0, 0.05) is 22.8 Å². The molecular formula is C20H20ClN5O3S. The van der Waals surface area contributed by atoms with Gasteiger partial charge >= 0.3 is 0 Å². The van der Waals surface area contributed by atoms with Gasteiger partial charge in [-0.15, -0.1) is 5.10 Å². The van der Waals surface area contributed by atoms with Gasteiger partial charge < -0.3 is 15.8 Å². The van der Waals surface area contributed by atoms with E-state index in [0.717, 1.165) is 0 Å². The first-order valence-corrected chi connectivity index (χ1v) is 10.5. The number of rotatable bonds is 6. The van der Waals surface area contributed by atoms with Gasteiger partial charge in [0.15, 0.2) is 0 Å². The predicted octanol–water partition coefficient (Wildman–Crippen LogP) is 3.19. The fourth-order valence-corrected chi connectivity index (χ4v) is 3.26. The molecule has 1 aliphatic rings. The van der Waals surface area contributed by atoms with E-state index >= 15 is 0 Å². The first kappa shape index (κ1) is 21.7. The van der Waals surface area contributed by atoms with Crippen LogP contribution >= 0.6 is 23.4 Å². The molecule has 2 aromatic rings. The highest BCUT2D eigenvalue weighted by Crippen LogP contribution is 2.19. The van der Waals surface area contributed by atoms with Crippen LogP contribution in [-0.4, -0.2) is 46.7 Å². The number of benzene rings is 2. The molecule has 2 aromatic carbocycles. The van der Waals surface area contributed by atoms with Crippen molar-refractivity contribution >= 4 is 51.9 Å². The number of amides is 2. The second kappa shape index (κ2) is 10.1. The lowest BCUT2D eigenvalue weighted by Crippen LogP contribution is -2.33. The summed E-state index contributed by atoms with van der Waals surface area (Å²) >= 11 is 7.10. The number of ether oxygens (including phenoxy) is 1. The van der Waals surface area contributed by atoms with Crippen LogP contribution in [0.5, 0.6) is 5.75 Å². The summed E-state index contributed by atoms with van der Waals surface area (Å²) in [5.74, 6) is 0.482. The topological polar surface area (TPSA) is 109 Å². The number of anilines is 1. The number of carbonyl (C=O) groups excluding carboxylic acids is 2. The van der Waals surface area contributed by atoms with E-state index in [2.05, 4.69) is 15.4 Å². The average molecular weight is 446 g/mol. The summed E-state index contributed by atoms with van der Waals surface area (Å²) in [6, 6.07) is 13.4. The molecule has 2 amide bonds. The molecule has 0 aliphatic carbocycles. The average Bonchev–Trinajstić information content (AvgIpc) is 2.74. The second-order valence-electron chi connectivity index (χ2n) is 6.20. The molecule has 1 aliphatic heterocycles. The Morgan fingerprint density at radius 1 is 1.20 bits per heavy atom. The maximum Gasteiger partial charge on any atom is 0.248 e. The molecule has 10 heteroatoms. The van der Waals surface area contributed by atoms with Gasteiger partial charge in [-0.2, -0.15) is 4.99 Å². The zero-order valence-corrected chi connectivity index (χ0v) is 17.7. The zero-order chi connectivity index (χ0) is 21.5. The lowest BCUT2D eigenvalue weighted by molar-refractivity contribution is -0.113. The number of aliphatic imine (C=N–C) groups is 1. The van der Waals surface area contributed by atoms with E-state index in [4.69, 9.17) is 22.1 Å². The van der Waals surface area contributed by atoms with Crippen molar-refractivity contribution in [3.8, 4) is 5.75 Å². The molecule has 3 N–H and O–H groups in total. The van der Waals surface area contributed by atoms with Crippen LogP contribution in [0.2, 0.25) is 5.02 Å². The predicted molar refractivity (Wildman–Crippen MR) is 120 cm³/mol. The normalized spacial score (nSPS) is 13.3. The van der Waals surface area contributed by atoms with Crippen LogP contribution in [0.1, 0.15) is 17.3 Å². The minimum Gasteiger partial charge on any atom is -0.441 e. The summed E-state index contributed by atoms with van der Waals surface area (Å²) in [5.41, 5.74) is 6.16. The molecule has 0 spiro atoms. The monoisotopic (exact) mass is 445 g/mol. The van der Waals surface area contributed by atoms with Gasteiger partial charge in [-0.1, -0.05) is 23.4 Å². The summed E-state index contributed by atoms with van der Waals surface area (Å²) in [4.78, 5) is 27.8. The Hall–Kier alpha value is -3.04. The van der Waals surface area contributed by atoms with Crippen molar-refractivity contribution in [2.45, 2.75) is 6.92 Å². The Kier molecular flexibility index (Phi) is 7.31. The van der Waals surface area contributed by atoms with Gasteiger partial charge in [-0.05, 0) is 55.5 Å². The molecule has 0 fully saturated rings. The maximum atomic E-state index is 12.2. The first-order chi connectivity index (χ1) is 14.4. The van der Waals surface area contributed by atoms with Crippen molar-refractivity contribution < 1.29 is 14.3 Å². The molecule has 1 heterocycles. The molecule has 0 bridgehead atoms. The van der Waals surface area contributed by atoms with E-state index in [1.807, 2.05) is 6.92 Å². The van der Waals surface area contributed by atoms with E-state index in [-0.39, 0.29) is 11.7 Å². The third kappa shape index (κ3) is 6.23. The van der Waals surface area contributed by atoms with E-state index < -0.39 is 5.91 Å². The quantitative estimate of drug-likeness (QED) is 0.709. The maximum absolute atomic E-state index is 12.2. The number of halogens is 1. The van der Waals surface area contributed by atoms with Gasteiger partial charge in [-0.3, -0.25) is 14.6 Å². The van der Waals surface area contributed by atoms with Crippen molar-refractivity contribution in [2.24, 2.45) is 15.8 Å². The number of carbonyl (C=O) groups is 2. The number of hydrogen-bond acceptors (Lipinski definition) is 7. The highest BCUT2D eigenvalue weighted by molar-refractivity contribution is 8.14. The minimum absolute atomic E-state index is 0.117. The number of hydrogen-bond donors (Lipinski definition) is 2. The summed E-state index contributed by atoms with van der Waals surface area (Å²) < 4.78 is 5.82. The molecule has 30 heavy (non-hydrogen) atoms. The smallest absolute Gasteiger partial charge is 0.248 e. The van der Waals surface area contributed by atoms with E-state index in [0.29, 0.717) is 46.2 Å². The van der Waals surface area contributed by atoms with Gasteiger partial charge in [0.1, 0.15) is 12.3 Å². The lowest BCUT2D eigenvalue weighted by Gasteiger charge is -2.23. The number of amidine groups is 1. The van der Waals surface area contributed by atoms with Crippen LogP contribution < -0.4 is 15.8 Å². The van der Waals surface area contributed by atoms with Crippen molar-refractivity contribution in [1.82, 2.24) is 5.01 Å². The fraction of sp³-hybridized carbons (Fsp3) is 0.200. The minimum atomic E-state index is -0.520. The van der Waals surface area contributed by atoms with Crippen LogP contribution in [0.15, 0.2) is 58.6 Å². The molecule has 156 valence electrons. The van der Waals surface area contributed by atoms with Crippen LogP contribution in [-0.2, 0) is 4.79 Å². The van der Waals surface area contributed by atoms with Crippen LogP contribution in [0.25, 0.3) is 0 Å². The molecule has 0 unspecified atom stereocenters. The second-order valence-corrected chi connectivity index (χ2v) is 7.58. The Balaban J connectivity index is 1.58. The molecule has 8 nitrogen and oxygen atoms in total. The van der Waals surface area contributed by atoms with Crippen LogP contribution in [0.4, 0.5) is 5.69 Å². The molecule has 0 saturated heterocycles. The highest BCUT2D eigenvalue weighted by atomic mass is 35.5. The largest absolute Gasteiger partial charge is 0.441 e. The Labute approximate surface area is 183 Å². The number of likely N-dealkylation sites (N-methyl/N-ethyl adjacent to an activating group) is 1. The third-order valence-corrected chi connectivity index (χ3v) is 5.05. The number of hydrazone groups is 1. The van der Waals surface area contributed by atoms with Crippen molar-refractivity contribution in [3.05, 3.63) is 59.1 Å². The molecule has 3 rings (SSSR count). The number of nitrogens with one attached hydrogen (secondary N) is 1. The van der Waals surface area contributed by atoms with Crippen LogP contribution in [0.3, 0.4) is 0 Å². The molecular weight excluding hydrogens is 426 g/mol. The zero-order valence-electron chi connectivity index (χ0n) is 16.2. The Bertz CT molecular complexity index is 977. The van der Waals surface area contributed by atoms with Crippen molar-refractivity contribution in [3.63, 3.8) is 0 Å². The molecule has 0 aromatic heterocycles.